The maximum atomic E-state index is 13.9. The summed E-state index contributed by atoms with van der Waals surface area (Å²) < 4.78 is 0. The van der Waals surface area contributed by atoms with E-state index in [1.54, 1.807) is 0 Å². The maximum Gasteiger partial charge on any atom is 0.303 e. The first kappa shape index (κ1) is 39.0. The SMILES string of the molecule is C=C(C)[C@@H]1CC[C@]2(CC(=O)NC3CCC(N)CC3)CC[C@]3(C)C(CC[C@H]4C3(C)CC[C@H]3C(C)(C)C(CC(=O)CC(C)(C)CC(=O)O)CC[C@@]34C)[C@@H]12. The fraction of sp³-hybridized carbons (Fsp3) is 0.889. The molecule has 0 spiro atoms. The Kier molecular flexibility index (Phi) is 10.4. The molecule has 0 aromatic rings. The molecular formula is C45H74N2O4. The first-order valence-electron chi connectivity index (χ1n) is 21.1. The number of carboxylic acids is 1. The molecule has 0 saturated heterocycles. The number of rotatable bonds is 10. The van der Waals surface area contributed by atoms with Crippen LogP contribution in [0.5, 0.6) is 0 Å². The minimum Gasteiger partial charge on any atom is -0.481 e. The quantitative estimate of drug-likeness (QED) is 0.196. The summed E-state index contributed by atoms with van der Waals surface area (Å²) in [6, 6.07) is 0.572. The van der Waals surface area contributed by atoms with Crippen LogP contribution in [0.25, 0.3) is 0 Å². The second-order valence-corrected chi connectivity index (χ2v) is 21.6. The maximum absolute atomic E-state index is 13.9. The molecule has 288 valence electrons. The monoisotopic (exact) mass is 707 g/mol. The van der Waals surface area contributed by atoms with Gasteiger partial charge >= 0.3 is 5.97 Å². The number of carboxylic acid groups (broad SMARTS) is 1. The van der Waals surface area contributed by atoms with Gasteiger partial charge in [0.2, 0.25) is 5.91 Å². The zero-order chi connectivity index (χ0) is 37.4. The number of aliphatic carboxylic acids is 1. The van der Waals surface area contributed by atoms with E-state index in [-0.39, 0.29) is 57.3 Å². The number of fused-ring (bicyclic) bond motifs is 7. The van der Waals surface area contributed by atoms with Gasteiger partial charge in [0, 0.05) is 31.3 Å². The van der Waals surface area contributed by atoms with E-state index >= 15 is 0 Å². The lowest BCUT2D eigenvalue weighted by atomic mass is 9.31. The molecule has 6 fully saturated rings. The van der Waals surface area contributed by atoms with Gasteiger partial charge in [-0.15, -0.1) is 0 Å². The van der Waals surface area contributed by atoms with Gasteiger partial charge in [-0.1, -0.05) is 60.6 Å². The van der Waals surface area contributed by atoms with Crippen molar-refractivity contribution in [1.29, 1.82) is 0 Å². The predicted molar refractivity (Wildman–Crippen MR) is 206 cm³/mol. The molecule has 0 bridgehead atoms. The molecule has 6 nitrogen and oxygen atoms in total. The molecule has 51 heavy (non-hydrogen) atoms. The first-order chi connectivity index (χ1) is 23.7. The van der Waals surface area contributed by atoms with Crippen LogP contribution in [-0.4, -0.2) is 34.8 Å². The second kappa shape index (κ2) is 13.6. The summed E-state index contributed by atoms with van der Waals surface area (Å²) in [5.74, 6) is 2.94. The zero-order valence-corrected chi connectivity index (χ0v) is 33.8. The Bertz CT molecular complexity index is 1380. The van der Waals surface area contributed by atoms with Crippen molar-refractivity contribution in [3.05, 3.63) is 12.2 Å². The number of ketones is 1. The Hall–Kier alpha value is -1.69. The topological polar surface area (TPSA) is 109 Å². The fourth-order valence-electron chi connectivity index (χ4n) is 15.2. The molecule has 6 aliphatic carbocycles. The number of Topliss-reactive ketones (excluding diaryl/α,β-unsaturated/α-hetero) is 1. The van der Waals surface area contributed by atoms with Crippen molar-refractivity contribution < 1.29 is 19.5 Å². The van der Waals surface area contributed by atoms with Crippen molar-refractivity contribution in [3.63, 3.8) is 0 Å². The Morgan fingerprint density at radius 3 is 2.14 bits per heavy atom. The van der Waals surface area contributed by atoms with E-state index in [0.29, 0.717) is 54.8 Å². The van der Waals surface area contributed by atoms with Crippen molar-refractivity contribution >= 4 is 17.7 Å². The van der Waals surface area contributed by atoms with E-state index in [9.17, 15) is 19.5 Å². The fourth-order valence-corrected chi connectivity index (χ4v) is 15.2. The molecule has 0 aromatic heterocycles. The highest BCUT2D eigenvalue weighted by molar-refractivity contribution is 5.80. The van der Waals surface area contributed by atoms with Gasteiger partial charge in [-0.25, -0.2) is 0 Å². The molecule has 0 radical (unpaired) electrons. The number of nitrogens with two attached hydrogens (primary N) is 1. The van der Waals surface area contributed by atoms with Gasteiger partial charge in [-0.05, 0) is 165 Å². The van der Waals surface area contributed by atoms with Crippen LogP contribution in [0.4, 0.5) is 0 Å². The van der Waals surface area contributed by atoms with E-state index in [4.69, 9.17) is 5.73 Å². The average Bonchev–Trinajstić information content (AvgIpc) is 3.38. The van der Waals surface area contributed by atoms with Crippen LogP contribution in [0, 0.1) is 68.0 Å². The van der Waals surface area contributed by atoms with E-state index in [0.717, 1.165) is 44.9 Å². The Balaban J connectivity index is 1.21. The summed E-state index contributed by atoms with van der Waals surface area (Å²) in [6.07, 6.45) is 17.7. The number of nitrogens with one attached hydrogen (secondary N) is 1. The molecule has 0 heterocycles. The third kappa shape index (κ3) is 6.70. The van der Waals surface area contributed by atoms with E-state index in [2.05, 4.69) is 53.4 Å². The molecule has 4 N–H and O–H groups in total. The van der Waals surface area contributed by atoms with Crippen LogP contribution < -0.4 is 11.1 Å². The first-order valence-corrected chi connectivity index (χ1v) is 21.1. The number of hydrogen-bond donors (Lipinski definition) is 3. The molecule has 10 atom stereocenters. The summed E-state index contributed by atoms with van der Waals surface area (Å²) in [5.41, 5.74) is 7.88. The highest BCUT2D eigenvalue weighted by Crippen LogP contribution is 2.78. The van der Waals surface area contributed by atoms with Gasteiger partial charge in [0.05, 0.1) is 6.42 Å². The summed E-state index contributed by atoms with van der Waals surface area (Å²) in [6.45, 7) is 23.6. The van der Waals surface area contributed by atoms with Crippen LogP contribution in [0.15, 0.2) is 12.2 Å². The van der Waals surface area contributed by atoms with Crippen LogP contribution in [0.2, 0.25) is 0 Å². The van der Waals surface area contributed by atoms with Crippen LogP contribution in [0.3, 0.4) is 0 Å². The lowest BCUT2D eigenvalue weighted by Gasteiger charge is -2.73. The van der Waals surface area contributed by atoms with Crippen molar-refractivity contribution in [3.8, 4) is 0 Å². The summed E-state index contributed by atoms with van der Waals surface area (Å²) >= 11 is 0. The summed E-state index contributed by atoms with van der Waals surface area (Å²) in [7, 11) is 0. The van der Waals surface area contributed by atoms with E-state index < -0.39 is 11.4 Å². The average molecular weight is 707 g/mol. The normalized spacial score (nSPS) is 44.6. The number of amides is 1. The lowest BCUT2D eigenvalue weighted by Crippen LogP contribution is -2.66. The smallest absolute Gasteiger partial charge is 0.303 e. The summed E-state index contributed by atoms with van der Waals surface area (Å²) in [5, 5.41) is 12.9. The third-order valence-electron chi connectivity index (χ3n) is 17.9. The van der Waals surface area contributed by atoms with Crippen LogP contribution in [0.1, 0.15) is 171 Å². The van der Waals surface area contributed by atoms with Crippen molar-refractivity contribution in [1.82, 2.24) is 5.32 Å². The molecular weight excluding hydrogens is 633 g/mol. The molecule has 0 aromatic carbocycles. The Labute approximate surface area is 310 Å². The summed E-state index contributed by atoms with van der Waals surface area (Å²) in [4.78, 5) is 38.7. The third-order valence-corrected chi connectivity index (χ3v) is 17.9. The standard InChI is InChI=1S/C45H74N2O4/c1-28(2)33-17-21-45(26-37(49)47-31-12-10-30(46)11-13-31)23-22-43(8)34(39(33)45)14-15-36-42(7)19-16-29(24-32(48)25-40(3,4)27-38(50)51)41(5,6)35(42)18-20-44(36,43)9/h29-31,33-36,39H,1,10-27,46H2,2-9H3,(H,47,49)(H,50,51)/t29?,30?,31?,33-,34?,35-,36+,39+,42-,43+,44?,45+/m0/s1. The van der Waals surface area contributed by atoms with Gasteiger partial charge in [0.25, 0.3) is 0 Å². The lowest BCUT2D eigenvalue weighted by molar-refractivity contribution is -0.243. The number of hydrogen-bond acceptors (Lipinski definition) is 4. The largest absolute Gasteiger partial charge is 0.481 e. The van der Waals surface area contributed by atoms with Crippen LogP contribution >= 0.6 is 0 Å². The minimum absolute atomic E-state index is 0.0336. The van der Waals surface area contributed by atoms with Gasteiger partial charge in [0.1, 0.15) is 5.78 Å². The second-order valence-electron chi connectivity index (χ2n) is 21.6. The van der Waals surface area contributed by atoms with Crippen molar-refractivity contribution in [2.75, 3.05) is 0 Å². The van der Waals surface area contributed by atoms with Gasteiger partial charge in [-0.3, -0.25) is 14.4 Å². The molecule has 3 unspecified atom stereocenters. The van der Waals surface area contributed by atoms with Gasteiger partial charge in [0.15, 0.2) is 0 Å². The number of carbonyl (C=O) groups is 3. The van der Waals surface area contributed by atoms with E-state index in [1.165, 1.54) is 50.5 Å². The zero-order valence-electron chi connectivity index (χ0n) is 33.8. The molecule has 6 saturated carbocycles. The van der Waals surface area contributed by atoms with E-state index in [1.807, 2.05) is 13.8 Å². The van der Waals surface area contributed by atoms with Gasteiger partial charge < -0.3 is 16.2 Å². The predicted octanol–water partition coefficient (Wildman–Crippen LogP) is 9.89. The van der Waals surface area contributed by atoms with Gasteiger partial charge in [-0.2, -0.15) is 0 Å². The van der Waals surface area contributed by atoms with Crippen LogP contribution in [-0.2, 0) is 14.4 Å². The molecule has 1 amide bonds. The molecule has 6 rings (SSSR count). The van der Waals surface area contributed by atoms with Crippen molar-refractivity contribution in [2.24, 2.45) is 73.7 Å². The Morgan fingerprint density at radius 1 is 0.804 bits per heavy atom. The van der Waals surface area contributed by atoms with Crippen molar-refractivity contribution in [2.45, 2.75) is 183 Å². The Morgan fingerprint density at radius 2 is 1.49 bits per heavy atom. The molecule has 6 heteroatoms. The number of carbonyl (C=O) groups excluding carboxylic acids is 2. The highest BCUT2D eigenvalue weighted by atomic mass is 16.4. The minimum atomic E-state index is -0.826. The molecule has 6 aliphatic rings. The number of allylic oxidation sites excluding steroid dienone is 1. The highest BCUT2D eigenvalue weighted by Gasteiger charge is 2.71. The molecule has 0 aliphatic heterocycles.